The van der Waals surface area contributed by atoms with E-state index >= 15 is 0 Å². The lowest BCUT2D eigenvalue weighted by atomic mass is 9.96. The molecule has 3 nitrogen and oxygen atoms in total. The molecule has 0 aliphatic carbocycles. The van der Waals surface area contributed by atoms with Crippen LogP contribution in [0.2, 0.25) is 0 Å². The van der Waals surface area contributed by atoms with Gasteiger partial charge >= 0.3 is 5.97 Å². The second kappa shape index (κ2) is 4.67. The minimum absolute atomic E-state index is 0.326. The molecule has 2 aromatic carbocycles. The maximum Gasteiger partial charge on any atom is 0.344 e. The topological polar surface area (TPSA) is 50.1 Å². The number of nitriles is 1. The summed E-state index contributed by atoms with van der Waals surface area (Å²) in [5.74, 6) is 0.272. The van der Waals surface area contributed by atoms with Gasteiger partial charge in [-0.3, -0.25) is 0 Å². The van der Waals surface area contributed by atoms with E-state index in [1.54, 1.807) is 18.2 Å². The Morgan fingerprint density at radius 1 is 1.10 bits per heavy atom. The molecular formula is C17H11NO2. The second-order valence-corrected chi connectivity index (χ2v) is 4.57. The first-order chi connectivity index (χ1) is 9.70. The Balaban J connectivity index is 2.14. The number of esters is 1. The molecule has 0 fully saturated rings. The van der Waals surface area contributed by atoms with Crippen molar-refractivity contribution in [1.82, 2.24) is 0 Å². The molecule has 1 aliphatic heterocycles. The van der Waals surface area contributed by atoms with Gasteiger partial charge in [0, 0.05) is 5.56 Å². The number of rotatable bonds is 1. The molecule has 0 unspecified atom stereocenters. The van der Waals surface area contributed by atoms with Crippen LogP contribution >= 0.6 is 0 Å². The number of ether oxygens (including phenoxy) is 1. The van der Waals surface area contributed by atoms with E-state index in [4.69, 9.17) is 10.00 Å². The zero-order valence-corrected chi connectivity index (χ0v) is 10.9. The van der Waals surface area contributed by atoms with Crippen LogP contribution in [0.5, 0.6) is 5.75 Å². The molecule has 0 amide bonds. The number of allylic oxidation sites excluding steroid dienone is 1. The average molecular weight is 261 g/mol. The zero-order chi connectivity index (χ0) is 14.1. The van der Waals surface area contributed by atoms with Crippen LogP contribution in [-0.4, -0.2) is 5.97 Å². The molecule has 1 aliphatic rings. The summed E-state index contributed by atoms with van der Waals surface area (Å²) < 4.78 is 5.26. The molecule has 0 N–H and O–H groups in total. The molecule has 0 aromatic heterocycles. The second-order valence-electron chi connectivity index (χ2n) is 4.57. The number of benzene rings is 2. The van der Waals surface area contributed by atoms with E-state index in [1.165, 1.54) is 0 Å². The monoisotopic (exact) mass is 261 g/mol. The van der Waals surface area contributed by atoms with E-state index in [2.05, 4.69) is 6.07 Å². The van der Waals surface area contributed by atoms with Crippen LogP contribution < -0.4 is 4.74 Å². The lowest BCUT2D eigenvalue weighted by molar-refractivity contribution is -0.126. The zero-order valence-electron chi connectivity index (χ0n) is 10.9. The number of carbonyl (C=O) groups is 1. The molecule has 2 aromatic rings. The van der Waals surface area contributed by atoms with Crippen molar-refractivity contribution in [3.05, 3.63) is 65.2 Å². The van der Waals surface area contributed by atoms with Gasteiger partial charge in [-0.15, -0.1) is 0 Å². The summed E-state index contributed by atoms with van der Waals surface area (Å²) in [4.78, 5) is 12.0. The lowest BCUT2D eigenvalue weighted by Gasteiger charge is -2.05. The van der Waals surface area contributed by atoms with E-state index in [-0.39, 0.29) is 5.97 Å². The highest BCUT2D eigenvalue weighted by molar-refractivity contribution is 6.28. The van der Waals surface area contributed by atoms with Gasteiger partial charge in [0.15, 0.2) is 0 Å². The lowest BCUT2D eigenvalue weighted by Crippen LogP contribution is -2.02. The minimum Gasteiger partial charge on any atom is -0.422 e. The Labute approximate surface area is 116 Å². The first kappa shape index (κ1) is 12.2. The number of fused-ring (bicyclic) bond motifs is 1. The molecule has 0 radical (unpaired) electrons. The Hall–Kier alpha value is -2.86. The van der Waals surface area contributed by atoms with Crippen LogP contribution in [0.1, 0.15) is 23.6 Å². The first-order valence-electron chi connectivity index (χ1n) is 6.23. The van der Waals surface area contributed by atoms with Gasteiger partial charge in [0.05, 0.1) is 17.2 Å². The third-order valence-electron chi connectivity index (χ3n) is 3.39. The molecule has 96 valence electrons. The van der Waals surface area contributed by atoms with Gasteiger partial charge in [-0.1, -0.05) is 30.3 Å². The molecule has 0 saturated heterocycles. The number of hydrogen-bond donors (Lipinski definition) is 0. The van der Waals surface area contributed by atoms with E-state index in [9.17, 15) is 4.79 Å². The third kappa shape index (κ3) is 1.88. The van der Waals surface area contributed by atoms with Gasteiger partial charge in [-0.2, -0.15) is 5.26 Å². The molecule has 0 spiro atoms. The summed E-state index contributed by atoms with van der Waals surface area (Å²) in [6, 6.07) is 16.6. The van der Waals surface area contributed by atoms with Gasteiger partial charge < -0.3 is 4.74 Å². The molecule has 3 rings (SSSR count). The Bertz CT molecular complexity index is 764. The molecule has 20 heavy (non-hydrogen) atoms. The van der Waals surface area contributed by atoms with Crippen LogP contribution in [0, 0.1) is 11.3 Å². The van der Waals surface area contributed by atoms with Gasteiger partial charge in [-0.25, -0.2) is 4.79 Å². The average Bonchev–Trinajstić information content (AvgIpc) is 2.82. The number of para-hydroxylation sites is 1. The van der Waals surface area contributed by atoms with Crippen molar-refractivity contribution in [2.45, 2.75) is 6.92 Å². The molecule has 0 atom stereocenters. The van der Waals surface area contributed by atoms with Crippen molar-refractivity contribution < 1.29 is 9.53 Å². The van der Waals surface area contributed by atoms with E-state index in [0.29, 0.717) is 16.9 Å². The molecular weight excluding hydrogens is 250 g/mol. The van der Waals surface area contributed by atoms with Gasteiger partial charge in [-0.05, 0) is 36.3 Å². The molecule has 3 heteroatoms. The third-order valence-corrected chi connectivity index (χ3v) is 3.39. The highest BCUT2D eigenvalue weighted by atomic mass is 16.5. The predicted molar refractivity (Wildman–Crippen MR) is 75.7 cm³/mol. The van der Waals surface area contributed by atoms with E-state index in [0.717, 1.165) is 16.7 Å². The van der Waals surface area contributed by atoms with Crippen molar-refractivity contribution in [2.75, 3.05) is 0 Å². The maximum atomic E-state index is 12.0. The van der Waals surface area contributed by atoms with Crippen molar-refractivity contribution >= 4 is 17.1 Å². The fourth-order valence-corrected chi connectivity index (χ4v) is 2.32. The van der Waals surface area contributed by atoms with Crippen LogP contribution in [0.25, 0.3) is 11.1 Å². The summed E-state index contributed by atoms with van der Waals surface area (Å²) >= 11 is 0. The van der Waals surface area contributed by atoms with Crippen LogP contribution in [0.3, 0.4) is 0 Å². The standard InChI is InChI=1S/C17H11NO2/c1-11(13-8-6-12(10-18)7-9-13)16-14-4-2-3-5-15(14)20-17(16)19/h2-9H,1H3/b16-11+. The molecule has 0 bridgehead atoms. The van der Waals surface area contributed by atoms with Gasteiger partial charge in [0.2, 0.25) is 0 Å². The number of nitrogens with zero attached hydrogens (tertiary/aromatic N) is 1. The summed E-state index contributed by atoms with van der Waals surface area (Å²) in [7, 11) is 0. The van der Waals surface area contributed by atoms with Crippen LogP contribution in [0.4, 0.5) is 0 Å². The summed E-state index contributed by atoms with van der Waals surface area (Å²) in [5.41, 5.74) is 3.77. The normalized spacial score (nSPS) is 15.3. The first-order valence-corrected chi connectivity index (χ1v) is 6.23. The van der Waals surface area contributed by atoms with Gasteiger partial charge in [0.25, 0.3) is 0 Å². The maximum absolute atomic E-state index is 12.0. The van der Waals surface area contributed by atoms with E-state index in [1.807, 2.05) is 37.3 Å². The largest absolute Gasteiger partial charge is 0.422 e. The summed E-state index contributed by atoms with van der Waals surface area (Å²) in [6.07, 6.45) is 0. The minimum atomic E-state index is -0.326. The molecule has 1 heterocycles. The van der Waals surface area contributed by atoms with E-state index < -0.39 is 0 Å². The smallest absolute Gasteiger partial charge is 0.344 e. The Kier molecular flexibility index (Phi) is 2.85. The van der Waals surface area contributed by atoms with Gasteiger partial charge in [0.1, 0.15) is 5.75 Å². The number of hydrogen-bond acceptors (Lipinski definition) is 3. The predicted octanol–water partition coefficient (Wildman–Crippen LogP) is 3.41. The highest BCUT2D eigenvalue weighted by Crippen LogP contribution is 2.38. The Morgan fingerprint density at radius 2 is 1.80 bits per heavy atom. The SMILES string of the molecule is C/C(=C1\C(=O)Oc2ccccc21)c1ccc(C#N)cc1. The van der Waals surface area contributed by atoms with Crippen molar-refractivity contribution in [1.29, 1.82) is 5.26 Å². The van der Waals surface area contributed by atoms with Crippen molar-refractivity contribution in [3.63, 3.8) is 0 Å². The quantitative estimate of drug-likeness (QED) is 0.449. The summed E-state index contributed by atoms with van der Waals surface area (Å²) in [5, 5.41) is 8.81. The number of carbonyl (C=O) groups excluding carboxylic acids is 1. The molecule has 0 saturated carbocycles. The Morgan fingerprint density at radius 3 is 2.50 bits per heavy atom. The van der Waals surface area contributed by atoms with Crippen LogP contribution in [0.15, 0.2) is 48.5 Å². The fraction of sp³-hybridized carbons (Fsp3) is 0.0588. The summed E-state index contributed by atoms with van der Waals surface area (Å²) in [6.45, 7) is 1.89. The van der Waals surface area contributed by atoms with Crippen LogP contribution in [-0.2, 0) is 4.79 Å². The highest BCUT2D eigenvalue weighted by Gasteiger charge is 2.28. The van der Waals surface area contributed by atoms with Crippen molar-refractivity contribution in [2.24, 2.45) is 0 Å². The fourth-order valence-electron chi connectivity index (χ4n) is 2.32. The van der Waals surface area contributed by atoms with Crippen molar-refractivity contribution in [3.8, 4) is 11.8 Å².